The maximum atomic E-state index is 12.3. The number of aromatic nitrogens is 1. The Balaban J connectivity index is 2.92. The Kier molecular flexibility index (Phi) is 3.47. The third kappa shape index (κ3) is 1.85. The molecule has 0 spiro atoms. The third-order valence-electron chi connectivity index (χ3n) is 3.08. The second-order valence-electron chi connectivity index (χ2n) is 4.29. The molecule has 1 aromatic rings. The predicted molar refractivity (Wildman–Crippen MR) is 73.9 cm³/mol. The van der Waals surface area contributed by atoms with Crippen molar-refractivity contribution in [2.75, 3.05) is 7.11 Å². The number of esters is 1. The average Bonchev–Trinajstić information content (AvgIpc) is 2.41. The fourth-order valence-electron chi connectivity index (χ4n) is 2.17. The summed E-state index contributed by atoms with van der Waals surface area (Å²) in [6, 6.07) is 0. The summed E-state index contributed by atoms with van der Waals surface area (Å²) >= 11 is 3.00. The van der Waals surface area contributed by atoms with Gasteiger partial charge in [0.15, 0.2) is 0 Å². The normalized spacial score (nSPS) is 14.4. The Morgan fingerprint density at radius 1 is 1.15 bits per heavy atom. The number of pyridine rings is 1. The fraction of sp³-hybridized carbons (Fsp3) is 0.231. The number of nitrogens with zero attached hydrogens (tertiary/aromatic N) is 1. The van der Waals surface area contributed by atoms with Gasteiger partial charge in [0.05, 0.1) is 39.7 Å². The second kappa shape index (κ2) is 4.82. The van der Waals surface area contributed by atoms with Crippen molar-refractivity contribution in [2.24, 2.45) is 5.73 Å². The number of carbonyl (C=O) groups excluding carboxylic acids is 3. The SMILES string of the molecule is COC(=O)c1c(C)nc(C)c2c1C(=O)C(Br)=C(N)C2=O. The van der Waals surface area contributed by atoms with Gasteiger partial charge < -0.3 is 10.5 Å². The molecular weight excluding hydrogens is 328 g/mol. The van der Waals surface area contributed by atoms with Crippen LogP contribution in [0.2, 0.25) is 0 Å². The molecule has 1 heterocycles. The van der Waals surface area contributed by atoms with Crippen molar-refractivity contribution in [3.63, 3.8) is 0 Å². The first-order valence-corrected chi connectivity index (χ1v) is 6.44. The summed E-state index contributed by atoms with van der Waals surface area (Å²) in [7, 11) is 1.20. The summed E-state index contributed by atoms with van der Waals surface area (Å²) in [5, 5.41) is 0. The van der Waals surface area contributed by atoms with E-state index in [1.54, 1.807) is 13.8 Å². The van der Waals surface area contributed by atoms with Crippen LogP contribution in [0.4, 0.5) is 0 Å². The summed E-state index contributed by atoms with van der Waals surface area (Å²) < 4.78 is 4.61. The van der Waals surface area contributed by atoms with Gasteiger partial charge in [-0.1, -0.05) is 0 Å². The lowest BCUT2D eigenvalue weighted by Crippen LogP contribution is -2.29. The number of ether oxygens (including phenoxy) is 1. The van der Waals surface area contributed by atoms with Crippen molar-refractivity contribution >= 4 is 33.5 Å². The topological polar surface area (TPSA) is 99.3 Å². The molecule has 20 heavy (non-hydrogen) atoms. The van der Waals surface area contributed by atoms with Gasteiger partial charge in [0.1, 0.15) is 0 Å². The lowest BCUT2D eigenvalue weighted by Gasteiger charge is -2.20. The van der Waals surface area contributed by atoms with Gasteiger partial charge in [0, 0.05) is 5.69 Å². The molecule has 0 aliphatic heterocycles. The Labute approximate surface area is 123 Å². The minimum atomic E-state index is -0.715. The Hall–Kier alpha value is -2.02. The van der Waals surface area contributed by atoms with Crippen LogP contribution in [0.5, 0.6) is 0 Å². The van der Waals surface area contributed by atoms with E-state index in [0.717, 1.165) is 0 Å². The first-order valence-electron chi connectivity index (χ1n) is 5.65. The van der Waals surface area contributed by atoms with E-state index in [4.69, 9.17) is 5.73 Å². The van der Waals surface area contributed by atoms with Gasteiger partial charge in [0.2, 0.25) is 11.6 Å². The van der Waals surface area contributed by atoms with Gasteiger partial charge in [0.25, 0.3) is 0 Å². The molecule has 0 atom stereocenters. The van der Waals surface area contributed by atoms with E-state index in [2.05, 4.69) is 25.7 Å². The Morgan fingerprint density at radius 3 is 2.30 bits per heavy atom. The molecule has 0 radical (unpaired) electrons. The van der Waals surface area contributed by atoms with Crippen LogP contribution in [-0.2, 0) is 4.74 Å². The smallest absolute Gasteiger partial charge is 0.340 e. The molecular formula is C13H11BrN2O4. The van der Waals surface area contributed by atoms with E-state index in [1.807, 2.05) is 0 Å². The van der Waals surface area contributed by atoms with E-state index in [0.29, 0.717) is 11.4 Å². The molecule has 0 amide bonds. The molecule has 2 rings (SSSR count). The second-order valence-corrected chi connectivity index (χ2v) is 5.08. The predicted octanol–water partition coefficient (Wildman–Crippen LogP) is 1.43. The molecule has 6 nitrogen and oxygen atoms in total. The molecule has 2 N–H and O–H groups in total. The zero-order chi connectivity index (χ0) is 15.2. The number of hydrogen-bond donors (Lipinski definition) is 1. The number of fused-ring (bicyclic) bond motifs is 1. The maximum Gasteiger partial charge on any atom is 0.340 e. The largest absolute Gasteiger partial charge is 0.465 e. The standard InChI is InChI=1S/C13H11BrN2O4/c1-4-6-8(7(5(2)16-4)13(19)20-3)11(17)9(14)10(15)12(6)18/h15H2,1-3H3. The van der Waals surface area contributed by atoms with E-state index in [-0.39, 0.29) is 26.9 Å². The third-order valence-corrected chi connectivity index (χ3v) is 3.87. The van der Waals surface area contributed by atoms with Crippen LogP contribution in [0.15, 0.2) is 10.2 Å². The number of Topliss-reactive ketones (excluding diaryl/α,β-unsaturated/α-hetero) is 2. The van der Waals surface area contributed by atoms with Gasteiger partial charge in [-0.15, -0.1) is 0 Å². The van der Waals surface area contributed by atoms with Crippen molar-refractivity contribution < 1.29 is 19.1 Å². The highest BCUT2D eigenvalue weighted by Crippen LogP contribution is 2.32. The molecule has 1 aromatic heterocycles. The number of ketones is 2. The minimum Gasteiger partial charge on any atom is -0.465 e. The maximum absolute atomic E-state index is 12.3. The molecule has 104 valence electrons. The van der Waals surface area contributed by atoms with Crippen molar-refractivity contribution in [1.82, 2.24) is 4.98 Å². The number of rotatable bonds is 1. The quantitative estimate of drug-likeness (QED) is 0.777. The summed E-state index contributed by atoms with van der Waals surface area (Å²) in [4.78, 5) is 40.6. The summed E-state index contributed by atoms with van der Waals surface area (Å²) in [5.41, 5.74) is 6.15. The summed E-state index contributed by atoms with van der Waals surface area (Å²) in [5.74, 6) is -1.76. The van der Waals surface area contributed by atoms with Gasteiger partial charge in [-0.25, -0.2) is 4.79 Å². The van der Waals surface area contributed by atoms with Crippen molar-refractivity contribution in [3.05, 3.63) is 38.3 Å². The average molecular weight is 339 g/mol. The van der Waals surface area contributed by atoms with Gasteiger partial charge >= 0.3 is 5.97 Å². The van der Waals surface area contributed by atoms with E-state index < -0.39 is 17.5 Å². The lowest BCUT2D eigenvalue weighted by molar-refractivity contribution is 0.0596. The molecule has 7 heteroatoms. The zero-order valence-corrected chi connectivity index (χ0v) is 12.6. The lowest BCUT2D eigenvalue weighted by atomic mass is 9.87. The number of halogens is 1. The van der Waals surface area contributed by atoms with Crippen LogP contribution in [-0.4, -0.2) is 29.6 Å². The number of nitrogens with two attached hydrogens (primary N) is 1. The number of aryl methyl sites for hydroxylation is 2. The molecule has 1 aliphatic carbocycles. The number of methoxy groups -OCH3 is 1. The highest BCUT2D eigenvalue weighted by molar-refractivity contribution is 9.12. The monoisotopic (exact) mass is 338 g/mol. The summed E-state index contributed by atoms with van der Waals surface area (Å²) in [6.07, 6.45) is 0. The molecule has 0 fully saturated rings. The van der Waals surface area contributed by atoms with Gasteiger partial charge in [-0.3, -0.25) is 14.6 Å². The first kappa shape index (κ1) is 14.4. The fourth-order valence-corrected chi connectivity index (χ4v) is 2.55. The Morgan fingerprint density at radius 2 is 1.75 bits per heavy atom. The van der Waals surface area contributed by atoms with Crippen LogP contribution in [0.1, 0.15) is 42.5 Å². The molecule has 0 aromatic carbocycles. The summed E-state index contributed by atoms with van der Waals surface area (Å²) in [6.45, 7) is 3.16. The van der Waals surface area contributed by atoms with E-state index in [1.165, 1.54) is 7.11 Å². The number of hydrogen-bond acceptors (Lipinski definition) is 6. The number of allylic oxidation sites excluding steroid dienone is 2. The van der Waals surface area contributed by atoms with Gasteiger partial charge in [-0.05, 0) is 29.8 Å². The molecule has 0 saturated heterocycles. The highest BCUT2D eigenvalue weighted by Gasteiger charge is 2.36. The van der Waals surface area contributed by atoms with Crippen LogP contribution >= 0.6 is 15.9 Å². The van der Waals surface area contributed by atoms with Crippen molar-refractivity contribution in [1.29, 1.82) is 0 Å². The minimum absolute atomic E-state index is 0.00380. The zero-order valence-electron chi connectivity index (χ0n) is 11.0. The van der Waals surface area contributed by atoms with Crippen LogP contribution in [0.25, 0.3) is 0 Å². The van der Waals surface area contributed by atoms with Crippen LogP contribution in [0, 0.1) is 13.8 Å². The van der Waals surface area contributed by atoms with E-state index >= 15 is 0 Å². The molecule has 0 bridgehead atoms. The highest BCUT2D eigenvalue weighted by atomic mass is 79.9. The van der Waals surface area contributed by atoms with Crippen LogP contribution in [0.3, 0.4) is 0 Å². The van der Waals surface area contributed by atoms with E-state index in [9.17, 15) is 14.4 Å². The van der Waals surface area contributed by atoms with Crippen molar-refractivity contribution in [3.8, 4) is 0 Å². The molecule has 0 unspecified atom stereocenters. The first-order chi connectivity index (χ1) is 9.31. The molecule has 0 saturated carbocycles. The number of carbonyl (C=O) groups is 3. The Bertz CT molecular complexity index is 707. The van der Waals surface area contributed by atoms with Crippen molar-refractivity contribution in [2.45, 2.75) is 13.8 Å². The van der Waals surface area contributed by atoms with Gasteiger partial charge in [-0.2, -0.15) is 0 Å². The van der Waals surface area contributed by atoms with Crippen LogP contribution < -0.4 is 5.73 Å². The molecule has 1 aliphatic rings.